The smallest absolute Gasteiger partial charge is 0.406 e. The maximum atomic E-state index is 12.6. The number of rotatable bonds is 3. The van der Waals surface area contributed by atoms with Crippen molar-refractivity contribution in [3.05, 3.63) is 65.4 Å². The quantitative estimate of drug-likeness (QED) is 0.640. The van der Waals surface area contributed by atoms with E-state index in [1.165, 1.54) is 17.0 Å². The summed E-state index contributed by atoms with van der Waals surface area (Å²) in [5, 5.41) is 11.7. The van der Waals surface area contributed by atoms with Gasteiger partial charge in [0.05, 0.1) is 17.3 Å². The molecule has 1 fully saturated rings. The summed E-state index contributed by atoms with van der Waals surface area (Å²) in [5.74, 6) is -0.848. The van der Waals surface area contributed by atoms with Gasteiger partial charge in [0.2, 0.25) is 0 Å². The number of hydrogen-bond acceptors (Lipinski definition) is 4. The van der Waals surface area contributed by atoms with Crippen LogP contribution in [0.2, 0.25) is 0 Å². The minimum absolute atomic E-state index is 0.101. The van der Waals surface area contributed by atoms with Gasteiger partial charge in [0.1, 0.15) is 11.4 Å². The lowest BCUT2D eigenvalue weighted by atomic mass is 10.1. The second-order valence-electron chi connectivity index (χ2n) is 5.40. The van der Waals surface area contributed by atoms with Crippen LogP contribution in [0.1, 0.15) is 11.1 Å². The number of halogens is 3. The summed E-state index contributed by atoms with van der Waals surface area (Å²) in [6, 6.07) is 13.4. The predicted molar refractivity (Wildman–Crippen MR) is 95.5 cm³/mol. The van der Waals surface area contributed by atoms with Crippen LogP contribution in [0.25, 0.3) is 6.08 Å². The van der Waals surface area contributed by atoms with Gasteiger partial charge in [-0.2, -0.15) is 5.26 Å². The molecule has 0 saturated carbocycles. The lowest BCUT2D eigenvalue weighted by Gasteiger charge is -2.15. The lowest BCUT2D eigenvalue weighted by Crippen LogP contribution is -2.30. The van der Waals surface area contributed by atoms with E-state index in [0.717, 1.165) is 12.1 Å². The van der Waals surface area contributed by atoms with Crippen LogP contribution in [-0.4, -0.2) is 17.4 Å². The number of amides is 1. The fourth-order valence-corrected chi connectivity index (χ4v) is 2.69. The molecule has 1 saturated heterocycles. The summed E-state index contributed by atoms with van der Waals surface area (Å²) < 4.78 is 40.5. The average molecular weight is 389 g/mol. The number of carbonyl (C=O) groups excluding carboxylic acids is 1. The molecule has 136 valence electrons. The Morgan fingerprint density at radius 2 is 1.74 bits per heavy atom. The number of hydrogen-bond donors (Lipinski definition) is 1. The Hall–Kier alpha value is -3.38. The molecule has 1 aliphatic rings. The SMILES string of the molecule is N#Cc1ccc(/C=C2/NC(=S)N(c3ccc(OC(F)(F)F)cc3)C2=O)cc1. The van der Waals surface area contributed by atoms with Crippen LogP contribution in [0.4, 0.5) is 18.9 Å². The molecule has 0 unspecified atom stereocenters. The van der Waals surface area contributed by atoms with Crippen molar-refractivity contribution in [1.82, 2.24) is 5.32 Å². The van der Waals surface area contributed by atoms with Crippen molar-refractivity contribution < 1.29 is 22.7 Å². The van der Waals surface area contributed by atoms with Crippen molar-refractivity contribution in [3.63, 3.8) is 0 Å². The van der Waals surface area contributed by atoms with E-state index >= 15 is 0 Å². The average Bonchev–Trinajstić information content (AvgIpc) is 2.89. The van der Waals surface area contributed by atoms with Gasteiger partial charge in [-0.25, -0.2) is 0 Å². The second kappa shape index (κ2) is 7.09. The number of alkyl halides is 3. The van der Waals surface area contributed by atoms with Crippen molar-refractivity contribution in [2.75, 3.05) is 4.90 Å². The second-order valence-corrected chi connectivity index (χ2v) is 5.79. The van der Waals surface area contributed by atoms with Gasteiger partial charge in [-0.05, 0) is 60.3 Å². The fraction of sp³-hybridized carbons (Fsp3) is 0.0556. The van der Waals surface area contributed by atoms with Crippen LogP contribution in [0.3, 0.4) is 0 Å². The molecule has 3 rings (SSSR count). The molecule has 5 nitrogen and oxygen atoms in total. The van der Waals surface area contributed by atoms with Crippen LogP contribution >= 0.6 is 12.2 Å². The molecule has 27 heavy (non-hydrogen) atoms. The summed E-state index contributed by atoms with van der Waals surface area (Å²) in [6.07, 6.45) is -3.23. The molecular weight excluding hydrogens is 379 g/mol. The molecule has 0 atom stereocenters. The highest BCUT2D eigenvalue weighted by Crippen LogP contribution is 2.27. The maximum Gasteiger partial charge on any atom is 0.573 e. The number of carbonyl (C=O) groups is 1. The molecule has 0 radical (unpaired) electrons. The Kier molecular flexibility index (Phi) is 4.83. The number of thiocarbonyl (C=S) groups is 1. The number of ether oxygens (including phenoxy) is 1. The Labute approximate surface area is 157 Å². The monoisotopic (exact) mass is 389 g/mol. The van der Waals surface area contributed by atoms with Gasteiger partial charge in [-0.1, -0.05) is 12.1 Å². The highest BCUT2D eigenvalue weighted by molar-refractivity contribution is 7.80. The van der Waals surface area contributed by atoms with Crippen molar-refractivity contribution in [1.29, 1.82) is 5.26 Å². The van der Waals surface area contributed by atoms with Crippen LogP contribution < -0.4 is 15.0 Å². The third kappa shape index (κ3) is 4.24. The maximum absolute atomic E-state index is 12.6. The van der Waals surface area contributed by atoms with E-state index in [4.69, 9.17) is 17.5 Å². The van der Waals surface area contributed by atoms with Gasteiger partial charge in [0, 0.05) is 0 Å². The molecule has 0 aliphatic carbocycles. The molecular formula is C18H10F3N3O2S. The van der Waals surface area contributed by atoms with Gasteiger partial charge in [-0.3, -0.25) is 9.69 Å². The van der Waals surface area contributed by atoms with Crippen molar-refractivity contribution in [2.24, 2.45) is 0 Å². The van der Waals surface area contributed by atoms with E-state index in [1.54, 1.807) is 30.3 Å². The number of anilines is 1. The van der Waals surface area contributed by atoms with Crippen LogP contribution in [-0.2, 0) is 4.79 Å². The summed E-state index contributed by atoms with van der Waals surface area (Å²) in [5.41, 5.74) is 1.68. The van der Waals surface area contributed by atoms with Crippen LogP contribution in [0, 0.1) is 11.3 Å². The van der Waals surface area contributed by atoms with Gasteiger partial charge in [-0.15, -0.1) is 13.2 Å². The zero-order chi connectivity index (χ0) is 19.6. The topological polar surface area (TPSA) is 65.4 Å². The minimum atomic E-state index is -4.79. The van der Waals surface area contributed by atoms with Gasteiger partial charge in [0.15, 0.2) is 5.11 Å². The Morgan fingerprint density at radius 1 is 1.11 bits per heavy atom. The summed E-state index contributed by atoms with van der Waals surface area (Å²) >= 11 is 5.15. The highest BCUT2D eigenvalue weighted by Gasteiger charge is 2.33. The van der Waals surface area contributed by atoms with Gasteiger partial charge >= 0.3 is 6.36 Å². The minimum Gasteiger partial charge on any atom is -0.406 e. The van der Waals surface area contributed by atoms with Crippen molar-refractivity contribution >= 4 is 35.0 Å². The first kappa shape index (κ1) is 18.4. The van der Waals surface area contributed by atoms with E-state index in [9.17, 15) is 18.0 Å². The number of nitrogens with zero attached hydrogens (tertiary/aromatic N) is 2. The summed E-state index contributed by atoms with van der Waals surface area (Å²) in [4.78, 5) is 13.8. The fourth-order valence-electron chi connectivity index (χ4n) is 2.39. The standard InChI is InChI=1S/C18H10F3N3O2S/c19-18(20,21)26-14-7-5-13(6-8-14)24-16(25)15(23-17(24)27)9-11-1-3-12(10-22)4-2-11/h1-9H,(H,23,27)/b15-9+. The zero-order valence-electron chi connectivity index (χ0n) is 13.4. The van der Waals surface area contributed by atoms with Gasteiger partial charge in [0.25, 0.3) is 5.91 Å². The third-order valence-corrected chi connectivity index (χ3v) is 3.84. The van der Waals surface area contributed by atoms with E-state index in [2.05, 4.69) is 10.1 Å². The van der Waals surface area contributed by atoms with E-state index < -0.39 is 18.0 Å². The Balaban J connectivity index is 1.81. The summed E-state index contributed by atoms with van der Waals surface area (Å²) in [6.45, 7) is 0. The van der Waals surface area contributed by atoms with Crippen LogP contribution in [0.15, 0.2) is 54.2 Å². The highest BCUT2D eigenvalue weighted by atomic mass is 32.1. The molecule has 9 heteroatoms. The molecule has 1 N–H and O–H groups in total. The van der Waals surface area contributed by atoms with E-state index in [1.807, 2.05) is 6.07 Å². The first-order chi connectivity index (χ1) is 12.8. The molecule has 1 heterocycles. The molecule has 2 aromatic carbocycles. The zero-order valence-corrected chi connectivity index (χ0v) is 14.3. The van der Waals surface area contributed by atoms with Crippen LogP contribution in [0.5, 0.6) is 5.75 Å². The first-order valence-corrected chi connectivity index (χ1v) is 7.91. The van der Waals surface area contributed by atoms with E-state index in [-0.39, 0.29) is 10.8 Å². The molecule has 1 aliphatic heterocycles. The molecule has 1 amide bonds. The number of nitrogens with one attached hydrogen (secondary N) is 1. The third-order valence-electron chi connectivity index (χ3n) is 3.56. The normalized spacial score (nSPS) is 15.6. The summed E-state index contributed by atoms with van der Waals surface area (Å²) in [7, 11) is 0. The first-order valence-electron chi connectivity index (χ1n) is 7.50. The van der Waals surface area contributed by atoms with Gasteiger partial charge < -0.3 is 10.1 Å². The van der Waals surface area contributed by atoms with Crippen molar-refractivity contribution in [2.45, 2.75) is 6.36 Å². The van der Waals surface area contributed by atoms with E-state index in [0.29, 0.717) is 16.8 Å². The Morgan fingerprint density at radius 3 is 2.30 bits per heavy atom. The predicted octanol–water partition coefficient (Wildman–Crippen LogP) is 3.72. The Bertz CT molecular complexity index is 961. The lowest BCUT2D eigenvalue weighted by molar-refractivity contribution is -0.274. The van der Waals surface area contributed by atoms with Crippen molar-refractivity contribution in [3.8, 4) is 11.8 Å². The number of benzene rings is 2. The number of nitriles is 1. The molecule has 0 spiro atoms. The molecule has 2 aromatic rings. The molecule has 0 bridgehead atoms. The molecule has 0 aromatic heterocycles. The largest absolute Gasteiger partial charge is 0.573 e.